The lowest BCUT2D eigenvalue weighted by Crippen LogP contribution is -2.36. The van der Waals surface area contributed by atoms with Crippen LogP contribution >= 0.6 is 0 Å². The predicted octanol–water partition coefficient (Wildman–Crippen LogP) is 5.69. The average molecular weight is 501 g/mol. The highest BCUT2D eigenvalue weighted by molar-refractivity contribution is 5.90. The van der Waals surface area contributed by atoms with Crippen molar-refractivity contribution >= 4 is 28.4 Å². The smallest absolute Gasteiger partial charge is 0.280 e. The van der Waals surface area contributed by atoms with Gasteiger partial charge in [0.05, 0.1) is 22.5 Å². The zero-order valence-electron chi connectivity index (χ0n) is 21.4. The number of hydrogen-bond acceptors (Lipinski definition) is 8. The van der Waals surface area contributed by atoms with Gasteiger partial charge in [-0.1, -0.05) is 18.2 Å². The summed E-state index contributed by atoms with van der Waals surface area (Å²) in [6.07, 6.45) is 4.10. The average Bonchev–Trinajstić information content (AvgIpc) is 3.36. The SMILES string of the molecule is Cc1ccc(-c2ccc(CNC3CCC(Nc4nc(N(C)C)c5ccccc5n4)CC3)o2)c([N+](=O)[O-])c1. The number of nitro groups is 1. The van der Waals surface area contributed by atoms with E-state index in [1.807, 2.05) is 56.3 Å². The van der Waals surface area contributed by atoms with Gasteiger partial charge in [0.2, 0.25) is 5.95 Å². The summed E-state index contributed by atoms with van der Waals surface area (Å²) >= 11 is 0. The van der Waals surface area contributed by atoms with Crippen LogP contribution in [0.15, 0.2) is 59.0 Å². The Morgan fingerprint density at radius 2 is 1.78 bits per heavy atom. The van der Waals surface area contributed by atoms with Gasteiger partial charge in [0.25, 0.3) is 5.69 Å². The van der Waals surface area contributed by atoms with E-state index in [0.29, 0.717) is 35.9 Å². The van der Waals surface area contributed by atoms with Gasteiger partial charge in [0.1, 0.15) is 17.3 Å². The van der Waals surface area contributed by atoms with Crippen LogP contribution in [0.2, 0.25) is 0 Å². The minimum absolute atomic E-state index is 0.0628. The Morgan fingerprint density at radius 1 is 1.03 bits per heavy atom. The van der Waals surface area contributed by atoms with Crippen LogP contribution in [0.3, 0.4) is 0 Å². The van der Waals surface area contributed by atoms with Crippen LogP contribution in [-0.4, -0.2) is 41.1 Å². The second-order valence-corrected chi connectivity index (χ2v) is 9.90. The number of aryl methyl sites for hydroxylation is 1. The second-order valence-electron chi connectivity index (χ2n) is 9.90. The quantitative estimate of drug-likeness (QED) is 0.235. The molecule has 0 aliphatic heterocycles. The first-order valence-corrected chi connectivity index (χ1v) is 12.7. The number of nitrogens with zero attached hydrogens (tertiary/aromatic N) is 4. The number of hydrogen-bond donors (Lipinski definition) is 2. The van der Waals surface area contributed by atoms with Crippen molar-refractivity contribution in [1.29, 1.82) is 0 Å². The summed E-state index contributed by atoms with van der Waals surface area (Å²) in [5.41, 5.74) is 2.35. The van der Waals surface area contributed by atoms with Gasteiger partial charge >= 0.3 is 0 Å². The number of para-hydroxylation sites is 1. The Hall–Kier alpha value is -3.98. The molecule has 2 heterocycles. The summed E-state index contributed by atoms with van der Waals surface area (Å²) in [6, 6.07) is 17.7. The highest BCUT2D eigenvalue weighted by Crippen LogP contribution is 2.32. The summed E-state index contributed by atoms with van der Waals surface area (Å²) in [5.74, 6) is 2.87. The van der Waals surface area contributed by atoms with Gasteiger partial charge in [-0.2, -0.15) is 4.98 Å². The Kier molecular flexibility index (Phi) is 7.05. The van der Waals surface area contributed by atoms with Crippen molar-refractivity contribution in [2.75, 3.05) is 24.3 Å². The fourth-order valence-electron chi connectivity index (χ4n) is 4.95. The van der Waals surface area contributed by atoms with Crippen molar-refractivity contribution in [3.05, 3.63) is 76.0 Å². The molecular weight excluding hydrogens is 468 g/mol. The first-order valence-electron chi connectivity index (χ1n) is 12.7. The Labute approximate surface area is 216 Å². The van der Waals surface area contributed by atoms with Crippen LogP contribution in [0.5, 0.6) is 0 Å². The van der Waals surface area contributed by atoms with Gasteiger partial charge in [0, 0.05) is 37.6 Å². The molecule has 1 saturated carbocycles. The van der Waals surface area contributed by atoms with Gasteiger partial charge in [-0.25, -0.2) is 4.98 Å². The Bertz CT molecular complexity index is 1410. The van der Waals surface area contributed by atoms with Crippen LogP contribution in [0, 0.1) is 17.0 Å². The zero-order valence-corrected chi connectivity index (χ0v) is 21.4. The van der Waals surface area contributed by atoms with Gasteiger partial charge in [-0.3, -0.25) is 10.1 Å². The molecule has 2 aromatic heterocycles. The number of nitrogens with one attached hydrogen (secondary N) is 2. The molecule has 4 aromatic rings. The molecule has 9 heteroatoms. The predicted molar refractivity (Wildman–Crippen MR) is 146 cm³/mol. The minimum atomic E-state index is -0.362. The normalized spacial score (nSPS) is 17.6. The van der Waals surface area contributed by atoms with E-state index < -0.39 is 0 Å². The van der Waals surface area contributed by atoms with E-state index in [1.165, 1.54) is 0 Å². The molecule has 1 fully saturated rings. The number of rotatable bonds is 8. The third-order valence-electron chi connectivity index (χ3n) is 6.91. The molecule has 0 amide bonds. The molecule has 1 aliphatic carbocycles. The summed E-state index contributed by atoms with van der Waals surface area (Å²) < 4.78 is 5.96. The van der Waals surface area contributed by atoms with E-state index in [0.717, 1.165) is 53.7 Å². The zero-order chi connectivity index (χ0) is 25.9. The lowest BCUT2D eigenvalue weighted by Gasteiger charge is -2.30. The minimum Gasteiger partial charge on any atom is -0.459 e. The van der Waals surface area contributed by atoms with Crippen molar-refractivity contribution in [3.63, 3.8) is 0 Å². The van der Waals surface area contributed by atoms with Crippen LogP contribution in [0.25, 0.3) is 22.2 Å². The van der Waals surface area contributed by atoms with E-state index in [2.05, 4.69) is 16.7 Å². The first-order chi connectivity index (χ1) is 17.9. The number of fused-ring (bicyclic) bond motifs is 1. The fraction of sp³-hybridized carbons (Fsp3) is 0.357. The molecule has 2 aromatic carbocycles. The van der Waals surface area contributed by atoms with Gasteiger partial charge < -0.3 is 20.0 Å². The summed E-state index contributed by atoms with van der Waals surface area (Å²) in [7, 11) is 4.00. The Balaban J connectivity index is 1.16. The molecule has 0 unspecified atom stereocenters. The van der Waals surface area contributed by atoms with Crippen LogP contribution in [-0.2, 0) is 6.54 Å². The number of aromatic nitrogens is 2. The third kappa shape index (κ3) is 5.56. The second kappa shape index (κ2) is 10.6. The molecule has 0 radical (unpaired) electrons. The van der Waals surface area contributed by atoms with Gasteiger partial charge in [0.15, 0.2) is 0 Å². The highest BCUT2D eigenvalue weighted by Gasteiger charge is 2.23. The van der Waals surface area contributed by atoms with E-state index in [9.17, 15) is 10.1 Å². The van der Waals surface area contributed by atoms with Gasteiger partial charge in [-0.15, -0.1) is 0 Å². The highest BCUT2D eigenvalue weighted by atomic mass is 16.6. The molecule has 9 nitrogen and oxygen atoms in total. The fourth-order valence-corrected chi connectivity index (χ4v) is 4.95. The summed E-state index contributed by atoms with van der Waals surface area (Å²) in [5, 5.41) is 19.7. The standard InChI is InChI=1S/C28H32N6O3/c1-18-8-14-23(25(16-18)34(35)36)26-15-13-21(37-26)17-29-19-9-11-20(12-10-19)30-28-31-24-7-5-4-6-22(24)27(32-28)33(2)3/h4-8,13-16,19-20,29H,9-12,17H2,1-3H3,(H,30,31,32). The molecule has 5 rings (SSSR count). The van der Waals surface area contributed by atoms with E-state index >= 15 is 0 Å². The lowest BCUT2D eigenvalue weighted by atomic mass is 9.91. The molecular formula is C28H32N6O3. The number of nitro benzene ring substituents is 1. The summed E-state index contributed by atoms with van der Waals surface area (Å²) in [6.45, 7) is 2.43. The molecule has 2 N–H and O–H groups in total. The molecule has 0 bridgehead atoms. The van der Waals surface area contributed by atoms with E-state index in [1.54, 1.807) is 18.2 Å². The number of furan rings is 1. The maximum absolute atomic E-state index is 11.5. The monoisotopic (exact) mass is 500 g/mol. The summed E-state index contributed by atoms with van der Waals surface area (Å²) in [4.78, 5) is 22.6. The molecule has 192 valence electrons. The van der Waals surface area contributed by atoms with E-state index in [4.69, 9.17) is 14.4 Å². The van der Waals surface area contributed by atoms with Crippen molar-refractivity contribution < 1.29 is 9.34 Å². The van der Waals surface area contributed by atoms with E-state index in [-0.39, 0.29) is 10.6 Å². The van der Waals surface area contributed by atoms with Crippen molar-refractivity contribution in [3.8, 4) is 11.3 Å². The first kappa shape index (κ1) is 24.7. The third-order valence-corrected chi connectivity index (χ3v) is 6.91. The van der Waals surface area contributed by atoms with Crippen LogP contribution < -0.4 is 15.5 Å². The molecule has 0 spiro atoms. The van der Waals surface area contributed by atoms with Gasteiger partial charge in [-0.05, 0) is 68.5 Å². The largest absolute Gasteiger partial charge is 0.459 e. The molecule has 1 aliphatic rings. The molecule has 37 heavy (non-hydrogen) atoms. The van der Waals surface area contributed by atoms with Crippen molar-refractivity contribution in [2.45, 2.75) is 51.2 Å². The number of anilines is 2. The lowest BCUT2D eigenvalue weighted by molar-refractivity contribution is -0.384. The van der Waals surface area contributed by atoms with Crippen LogP contribution in [0.1, 0.15) is 37.0 Å². The molecule has 0 atom stereocenters. The topological polar surface area (TPSA) is 109 Å². The van der Waals surface area contributed by atoms with Crippen LogP contribution in [0.4, 0.5) is 17.5 Å². The van der Waals surface area contributed by atoms with Crippen molar-refractivity contribution in [2.24, 2.45) is 0 Å². The molecule has 0 saturated heterocycles. The van der Waals surface area contributed by atoms with Crippen molar-refractivity contribution in [1.82, 2.24) is 15.3 Å². The maximum Gasteiger partial charge on any atom is 0.280 e. The Morgan fingerprint density at radius 3 is 2.54 bits per heavy atom. The number of benzene rings is 2. The maximum atomic E-state index is 11.5.